The second kappa shape index (κ2) is 5.88. The number of H-pyrrole nitrogens is 1. The monoisotopic (exact) mass is 319 g/mol. The summed E-state index contributed by atoms with van der Waals surface area (Å²) in [5.74, 6) is -0.205. The normalized spacial score (nSPS) is 16.0. The fourth-order valence-electron chi connectivity index (χ4n) is 2.72. The minimum Gasteiger partial charge on any atom is -0.364 e. The summed E-state index contributed by atoms with van der Waals surface area (Å²) in [5, 5.41) is 6.79. The van der Waals surface area contributed by atoms with Crippen LogP contribution in [0.25, 0.3) is 0 Å². The third-order valence-electron chi connectivity index (χ3n) is 4.01. The lowest BCUT2D eigenvalue weighted by Crippen LogP contribution is -2.37. The Balaban J connectivity index is 1.63. The van der Waals surface area contributed by atoms with Crippen molar-refractivity contribution < 1.29 is 9.59 Å². The topological polar surface area (TPSA) is 105 Å². The summed E-state index contributed by atoms with van der Waals surface area (Å²) in [5.41, 5.74) is 8.87. The quantitative estimate of drug-likeness (QED) is 0.889. The van der Waals surface area contributed by atoms with Crippen molar-refractivity contribution in [2.45, 2.75) is 25.7 Å². The number of nitrogens with zero attached hydrogens (tertiary/aromatic N) is 3. The summed E-state index contributed by atoms with van der Waals surface area (Å²) in [4.78, 5) is 30.2. The van der Waals surface area contributed by atoms with Crippen molar-refractivity contribution in [2.24, 2.45) is 5.73 Å². The molecule has 0 unspecified atom stereocenters. The largest absolute Gasteiger partial charge is 0.364 e. The van der Waals surface area contributed by atoms with Crippen LogP contribution >= 0.6 is 11.3 Å². The minimum absolute atomic E-state index is 0.0564. The highest BCUT2D eigenvalue weighted by Gasteiger charge is 2.27. The Hall–Kier alpha value is -2.22. The van der Waals surface area contributed by atoms with Gasteiger partial charge in [0, 0.05) is 24.7 Å². The molecule has 2 aromatic heterocycles. The zero-order valence-electron chi connectivity index (χ0n) is 12.2. The number of nitrogens with one attached hydrogen (secondary N) is 1. The number of aromatic nitrogens is 3. The molecule has 0 saturated carbocycles. The highest BCUT2D eigenvalue weighted by atomic mass is 32.1. The Kier molecular flexibility index (Phi) is 3.93. The van der Waals surface area contributed by atoms with Crippen molar-refractivity contribution >= 4 is 23.2 Å². The number of carbonyl (C=O) groups excluding carboxylic acids is 2. The molecule has 3 N–H and O–H groups in total. The first-order valence-electron chi connectivity index (χ1n) is 7.10. The van der Waals surface area contributed by atoms with Gasteiger partial charge in [-0.2, -0.15) is 5.10 Å². The standard InChI is InChI=1S/C14H17N5O2S/c1-8-12(22-7-16-8)14(21)19-4-2-9(3-5-19)10-6-11(13(15)20)18-17-10/h6-7,9H,2-5H2,1H3,(H2,15,20)(H,17,18). The van der Waals surface area contributed by atoms with E-state index in [4.69, 9.17) is 5.73 Å². The van der Waals surface area contributed by atoms with Gasteiger partial charge in [-0.1, -0.05) is 0 Å². The second-order valence-electron chi connectivity index (χ2n) is 5.41. The zero-order chi connectivity index (χ0) is 15.7. The van der Waals surface area contributed by atoms with Gasteiger partial charge in [-0.25, -0.2) is 4.98 Å². The van der Waals surface area contributed by atoms with E-state index in [9.17, 15) is 9.59 Å². The van der Waals surface area contributed by atoms with E-state index in [1.165, 1.54) is 11.3 Å². The second-order valence-corrected chi connectivity index (χ2v) is 6.26. The van der Waals surface area contributed by atoms with E-state index in [2.05, 4.69) is 15.2 Å². The van der Waals surface area contributed by atoms with Crippen molar-refractivity contribution in [3.05, 3.63) is 33.5 Å². The van der Waals surface area contributed by atoms with E-state index in [1.807, 2.05) is 11.8 Å². The lowest BCUT2D eigenvalue weighted by molar-refractivity contribution is 0.0716. The van der Waals surface area contributed by atoms with E-state index >= 15 is 0 Å². The summed E-state index contributed by atoms with van der Waals surface area (Å²) < 4.78 is 0. The molecular weight excluding hydrogens is 302 g/mol. The molecule has 3 heterocycles. The molecule has 116 valence electrons. The minimum atomic E-state index is -0.532. The van der Waals surface area contributed by atoms with Gasteiger partial charge in [0.25, 0.3) is 11.8 Å². The molecule has 1 saturated heterocycles. The molecule has 1 fully saturated rings. The lowest BCUT2D eigenvalue weighted by Gasteiger charge is -2.31. The number of rotatable bonds is 3. The maximum atomic E-state index is 12.4. The van der Waals surface area contributed by atoms with Gasteiger partial charge in [0.15, 0.2) is 0 Å². The van der Waals surface area contributed by atoms with Gasteiger partial charge in [-0.05, 0) is 25.8 Å². The summed E-state index contributed by atoms with van der Waals surface area (Å²) in [7, 11) is 0. The number of thiazole rings is 1. The van der Waals surface area contributed by atoms with Crippen LogP contribution in [0.5, 0.6) is 0 Å². The van der Waals surface area contributed by atoms with E-state index in [1.54, 1.807) is 11.6 Å². The molecule has 0 bridgehead atoms. The van der Waals surface area contributed by atoms with Crippen molar-refractivity contribution in [3.8, 4) is 0 Å². The van der Waals surface area contributed by atoms with Crippen molar-refractivity contribution in [1.29, 1.82) is 0 Å². The SMILES string of the molecule is Cc1ncsc1C(=O)N1CCC(c2cc(C(N)=O)n[nH]2)CC1. The highest BCUT2D eigenvalue weighted by Crippen LogP contribution is 2.28. The van der Waals surface area contributed by atoms with Crippen molar-refractivity contribution in [1.82, 2.24) is 20.1 Å². The van der Waals surface area contributed by atoms with E-state index in [-0.39, 0.29) is 17.5 Å². The molecular formula is C14H17N5O2S. The van der Waals surface area contributed by atoms with Gasteiger partial charge in [0.2, 0.25) is 0 Å². The van der Waals surface area contributed by atoms with Gasteiger partial charge in [-0.15, -0.1) is 11.3 Å². The first-order valence-corrected chi connectivity index (χ1v) is 7.98. The van der Waals surface area contributed by atoms with Gasteiger partial charge in [-0.3, -0.25) is 14.7 Å². The molecule has 1 aliphatic heterocycles. The first kappa shape index (κ1) is 14.7. The Morgan fingerprint density at radius 1 is 1.41 bits per heavy atom. The smallest absolute Gasteiger partial charge is 0.269 e. The molecule has 0 radical (unpaired) electrons. The molecule has 8 heteroatoms. The van der Waals surface area contributed by atoms with Crippen LogP contribution in [0.3, 0.4) is 0 Å². The van der Waals surface area contributed by atoms with Crippen LogP contribution in [-0.2, 0) is 0 Å². The van der Waals surface area contributed by atoms with Crippen LogP contribution in [0.1, 0.15) is 50.3 Å². The number of primary amides is 1. The average molecular weight is 319 g/mol. The molecule has 7 nitrogen and oxygen atoms in total. The predicted octanol–water partition coefficient (Wildman–Crippen LogP) is 1.29. The number of likely N-dealkylation sites (tertiary alicyclic amines) is 1. The van der Waals surface area contributed by atoms with Crippen molar-refractivity contribution in [3.63, 3.8) is 0 Å². The molecule has 2 aromatic rings. The summed E-state index contributed by atoms with van der Waals surface area (Å²) >= 11 is 1.39. The first-order chi connectivity index (χ1) is 10.6. The molecule has 0 aromatic carbocycles. The predicted molar refractivity (Wildman–Crippen MR) is 81.8 cm³/mol. The molecule has 22 heavy (non-hydrogen) atoms. The fraction of sp³-hybridized carbons (Fsp3) is 0.429. The summed E-state index contributed by atoms with van der Waals surface area (Å²) in [6.45, 7) is 3.23. The van der Waals surface area contributed by atoms with E-state index < -0.39 is 5.91 Å². The maximum absolute atomic E-state index is 12.4. The number of carbonyl (C=O) groups is 2. The molecule has 3 rings (SSSR count). The number of aromatic amines is 1. The number of amides is 2. The molecule has 0 spiro atoms. The average Bonchev–Trinajstić information content (AvgIpc) is 3.15. The number of hydrogen-bond acceptors (Lipinski definition) is 5. The van der Waals surface area contributed by atoms with Crippen molar-refractivity contribution in [2.75, 3.05) is 13.1 Å². The fourth-order valence-corrected chi connectivity index (χ4v) is 3.49. The van der Waals surface area contributed by atoms with Gasteiger partial charge in [0.05, 0.1) is 11.2 Å². The number of aryl methyl sites for hydroxylation is 1. The summed E-state index contributed by atoms with van der Waals surface area (Å²) in [6.07, 6.45) is 1.67. The van der Waals surface area contributed by atoms with Gasteiger partial charge >= 0.3 is 0 Å². The Labute approximate surface area is 131 Å². The highest BCUT2D eigenvalue weighted by molar-refractivity contribution is 7.11. The van der Waals surface area contributed by atoms with Gasteiger partial charge in [0.1, 0.15) is 10.6 Å². The third-order valence-corrected chi connectivity index (χ3v) is 4.93. The van der Waals surface area contributed by atoms with Crippen LogP contribution in [0.4, 0.5) is 0 Å². The number of hydrogen-bond donors (Lipinski definition) is 2. The Morgan fingerprint density at radius 2 is 2.14 bits per heavy atom. The van der Waals surface area contributed by atoms with Crippen LogP contribution in [0.2, 0.25) is 0 Å². The van der Waals surface area contributed by atoms with Crippen LogP contribution < -0.4 is 5.73 Å². The zero-order valence-corrected chi connectivity index (χ0v) is 13.0. The van der Waals surface area contributed by atoms with Crippen LogP contribution in [-0.4, -0.2) is 45.0 Å². The lowest BCUT2D eigenvalue weighted by atomic mass is 9.93. The maximum Gasteiger partial charge on any atom is 0.269 e. The van der Waals surface area contributed by atoms with E-state index in [0.717, 1.165) is 29.1 Å². The van der Waals surface area contributed by atoms with Crippen LogP contribution in [0, 0.1) is 6.92 Å². The molecule has 1 aliphatic rings. The number of nitrogens with two attached hydrogens (primary N) is 1. The van der Waals surface area contributed by atoms with E-state index in [0.29, 0.717) is 13.1 Å². The number of piperidine rings is 1. The molecule has 0 atom stereocenters. The van der Waals surface area contributed by atoms with Gasteiger partial charge < -0.3 is 10.6 Å². The Morgan fingerprint density at radius 3 is 2.68 bits per heavy atom. The molecule has 0 aliphatic carbocycles. The van der Waals surface area contributed by atoms with Crippen LogP contribution in [0.15, 0.2) is 11.6 Å². The third kappa shape index (κ3) is 2.74. The molecule has 2 amide bonds. The summed E-state index contributed by atoms with van der Waals surface area (Å²) in [6, 6.07) is 1.71. The Bertz CT molecular complexity index is 700.